The molecule has 3 aromatic rings. The number of thiophene rings is 1. The molecule has 166 valence electrons. The molecule has 0 fully saturated rings. The van der Waals surface area contributed by atoms with Crippen molar-refractivity contribution in [2.45, 2.75) is 36.4 Å². The number of nitrogens with one attached hydrogen (secondary N) is 2. The Kier molecular flexibility index (Phi) is 6.08. The number of nitrogens with zero attached hydrogens (tertiary/aromatic N) is 2. The van der Waals surface area contributed by atoms with Crippen LogP contribution in [0.4, 0.5) is 10.5 Å². The summed E-state index contributed by atoms with van der Waals surface area (Å²) in [4.78, 5) is 20.9. The van der Waals surface area contributed by atoms with Crippen LogP contribution in [0.3, 0.4) is 0 Å². The molecular weight excluding hydrogens is 440 g/mol. The number of aryl methyl sites for hydroxylation is 1. The largest absolute Gasteiger partial charge is 0.481 e. The van der Waals surface area contributed by atoms with Crippen LogP contribution in [0.5, 0.6) is 5.88 Å². The summed E-state index contributed by atoms with van der Waals surface area (Å²) in [7, 11) is 3.76. The Morgan fingerprint density at radius 2 is 2.09 bits per heavy atom. The SMILES string of the molecule is COc1cc(-c2ccc3c(c2NC(=O)NSc2cc4c(s2)CCN(C)C4)CCC3)ccn1. The predicted molar refractivity (Wildman–Crippen MR) is 131 cm³/mol. The fourth-order valence-corrected chi connectivity index (χ4v) is 6.40. The molecule has 1 aliphatic carbocycles. The highest BCUT2D eigenvalue weighted by Crippen LogP contribution is 2.38. The van der Waals surface area contributed by atoms with Gasteiger partial charge < -0.3 is 15.0 Å². The molecule has 6 nitrogen and oxygen atoms in total. The first-order chi connectivity index (χ1) is 15.6. The number of urea groups is 1. The highest BCUT2D eigenvalue weighted by atomic mass is 32.2. The van der Waals surface area contributed by atoms with Gasteiger partial charge in [0.25, 0.3) is 0 Å². The fourth-order valence-electron chi connectivity index (χ4n) is 4.47. The third-order valence-corrected chi connectivity index (χ3v) is 8.19. The number of benzene rings is 1. The summed E-state index contributed by atoms with van der Waals surface area (Å²) >= 11 is 3.17. The van der Waals surface area contributed by atoms with Crippen molar-refractivity contribution >= 4 is 35.0 Å². The summed E-state index contributed by atoms with van der Waals surface area (Å²) in [5.41, 5.74) is 6.77. The van der Waals surface area contributed by atoms with Crippen molar-refractivity contribution in [2.24, 2.45) is 0 Å². The molecule has 2 N–H and O–H groups in total. The molecule has 0 bridgehead atoms. The van der Waals surface area contributed by atoms with Gasteiger partial charge in [-0.2, -0.15) is 0 Å². The molecule has 2 aromatic heterocycles. The van der Waals surface area contributed by atoms with E-state index in [9.17, 15) is 4.79 Å². The molecule has 0 unspecified atom stereocenters. The molecule has 8 heteroatoms. The summed E-state index contributed by atoms with van der Waals surface area (Å²) in [5.74, 6) is 0.557. The van der Waals surface area contributed by atoms with E-state index < -0.39 is 0 Å². The van der Waals surface area contributed by atoms with E-state index in [0.29, 0.717) is 5.88 Å². The minimum Gasteiger partial charge on any atom is -0.481 e. The maximum atomic E-state index is 12.9. The minimum absolute atomic E-state index is 0.207. The number of fused-ring (bicyclic) bond motifs is 2. The number of hydrogen-bond acceptors (Lipinski definition) is 6. The fraction of sp³-hybridized carbons (Fsp3) is 0.333. The first-order valence-corrected chi connectivity index (χ1v) is 12.4. The van der Waals surface area contributed by atoms with Crippen LogP contribution in [0.25, 0.3) is 11.1 Å². The highest BCUT2D eigenvalue weighted by Gasteiger charge is 2.21. The van der Waals surface area contributed by atoms with Crippen LogP contribution >= 0.6 is 23.3 Å². The molecule has 0 spiro atoms. The van der Waals surface area contributed by atoms with Gasteiger partial charge in [0.15, 0.2) is 0 Å². The number of likely N-dealkylation sites (N-methyl/N-ethyl adjacent to an activating group) is 1. The number of aromatic nitrogens is 1. The van der Waals surface area contributed by atoms with Gasteiger partial charge in [-0.15, -0.1) is 11.3 Å². The second-order valence-corrected chi connectivity index (χ2v) is 10.5. The lowest BCUT2D eigenvalue weighted by atomic mass is 9.98. The van der Waals surface area contributed by atoms with Crippen LogP contribution in [-0.4, -0.2) is 36.6 Å². The number of rotatable bonds is 5. The smallest absolute Gasteiger partial charge is 0.329 e. The lowest BCUT2D eigenvalue weighted by molar-refractivity contribution is 0.257. The van der Waals surface area contributed by atoms with Crippen LogP contribution < -0.4 is 14.8 Å². The van der Waals surface area contributed by atoms with Crippen LogP contribution in [0.2, 0.25) is 0 Å². The minimum atomic E-state index is -0.207. The summed E-state index contributed by atoms with van der Waals surface area (Å²) in [6.45, 7) is 2.07. The Bertz CT molecular complexity index is 1160. The molecule has 32 heavy (non-hydrogen) atoms. The molecule has 0 radical (unpaired) electrons. The van der Waals surface area contributed by atoms with Crippen LogP contribution in [0.1, 0.15) is 28.0 Å². The van der Waals surface area contributed by atoms with Crippen molar-refractivity contribution in [3.8, 4) is 17.0 Å². The maximum absolute atomic E-state index is 12.9. The number of methoxy groups -OCH3 is 1. The van der Waals surface area contributed by atoms with E-state index in [0.717, 1.165) is 59.8 Å². The van der Waals surface area contributed by atoms with Gasteiger partial charge in [-0.25, -0.2) is 9.78 Å². The number of anilines is 1. The van der Waals surface area contributed by atoms with E-state index >= 15 is 0 Å². The molecule has 2 aliphatic rings. The number of ether oxygens (including phenoxy) is 1. The number of carbonyl (C=O) groups is 1. The van der Waals surface area contributed by atoms with Crippen LogP contribution in [0.15, 0.2) is 40.7 Å². The van der Waals surface area contributed by atoms with Gasteiger partial charge in [-0.1, -0.05) is 12.1 Å². The van der Waals surface area contributed by atoms with Gasteiger partial charge in [0.2, 0.25) is 5.88 Å². The third kappa shape index (κ3) is 4.35. The number of amides is 2. The van der Waals surface area contributed by atoms with Crippen molar-refractivity contribution in [1.82, 2.24) is 14.6 Å². The second-order valence-electron chi connectivity index (χ2n) is 8.23. The third-order valence-electron chi connectivity index (χ3n) is 6.06. The normalized spacial score (nSPS) is 15.2. The summed E-state index contributed by atoms with van der Waals surface area (Å²) in [6.07, 6.45) is 5.95. The summed E-state index contributed by atoms with van der Waals surface area (Å²) in [5, 5.41) is 3.15. The Morgan fingerprint density at radius 3 is 2.97 bits per heavy atom. The first kappa shape index (κ1) is 21.3. The van der Waals surface area contributed by atoms with E-state index in [2.05, 4.69) is 45.2 Å². The van der Waals surface area contributed by atoms with Crippen molar-refractivity contribution in [2.75, 3.05) is 26.0 Å². The maximum Gasteiger partial charge on any atom is 0.329 e. The standard InChI is InChI=1S/C24H26N4O2S2/c1-28-11-9-20-17(14-28)13-22(31-20)32-27-24(29)26-23-18-5-3-4-15(18)6-7-19(23)16-8-10-25-21(12-16)30-2/h6-8,10,12-13H,3-5,9,11,14H2,1-2H3,(H2,26,27,29). The Hall–Kier alpha value is -2.55. The molecule has 1 aromatic carbocycles. The van der Waals surface area contributed by atoms with E-state index in [1.807, 2.05) is 12.1 Å². The lowest BCUT2D eigenvalue weighted by Crippen LogP contribution is -2.25. The quantitative estimate of drug-likeness (QED) is 0.511. The van der Waals surface area contributed by atoms with E-state index in [-0.39, 0.29) is 6.03 Å². The predicted octanol–water partition coefficient (Wildman–Crippen LogP) is 5.12. The summed E-state index contributed by atoms with van der Waals surface area (Å²) in [6, 6.07) is 10.1. The molecule has 5 rings (SSSR count). The molecule has 1 aliphatic heterocycles. The van der Waals surface area contributed by atoms with E-state index in [1.54, 1.807) is 24.6 Å². The molecule has 3 heterocycles. The Morgan fingerprint density at radius 1 is 1.19 bits per heavy atom. The highest BCUT2D eigenvalue weighted by molar-refractivity contribution is 7.99. The molecule has 0 saturated carbocycles. The molecular formula is C24H26N4O2S2. The molecule has 0 atom stereocenters. The lowest BCUT2D eigenvalue weighted by Gasteiger charge is -2.21. The average Bonchev–Trinajstić information content (AvgIpc) is 3.44. The van der Waals surface area contributed by atoms with Gasteiger partial charge >= 0.3 is 6.03 Å². The molecule has 0 saturated heterocycles. The number of hydrogen-bond donors (Lipinski definition) is 2. The van der Waals surface area contributed by atoms with E-state index in [1.165, 1.54) is 33.5 Å². The van der Waals surface area contributed by atoms with Crippen molar-refractivity contribution in [1.29, 1.82) is 0 Å². The van der Waals surface area contributed by atoms with Crippen molar-refractivity contribution in [3.63, 3.8) is 0 Å². The van der Waals surface area contributed by atoms with Gasteiger partial charge in [0.1, 0.15) is 0 Å². The van der Waals surface area contributed by atoms with Gasteiger partial charge in [-0.3, -0.25) is 4.72 Å². The van der Waals surface area contributed by atoms with Gasteiger partial charge in [0.05, 0.1) is 17.0 Å². The first-order valence-electron chi connectivity index (χ1n) is 10.8. The Labute approximate surface area is 196 Å². The van der Waals surface area contributed by atoms with Crippen molar-refractivity contribution < 1.29 is 9.53 Å². The van der Waals surface area contributed by atoms with Crippen LogP contribution in [-0.2, 0) is 25.8 Å². The van der Waals surface area contributed by atoms with E-state index in [4.69, 9.17) is 4.74 Å². The zero-order chi connectivity index (χ0) is 22.1. The zero-order valence-corrected chi connectivity index (χ0v) is 19.9. The van der Waals surface area contributed by atoms with Crippen LogP contribution in [0, 0.1) is 0 Å². The zero-order valence-electron chi connectivity index (χ0n) is 18.2. The number of carbonyl (C=O) groups excluding carboxylic acids is 1. The monoisotopic (exact) mass is 466 g/mol. The topological polar surface area (TPSA) is 66.5 Å². The average molecular weight is 467 g/mol. The Balaban J connectivity index is 1.35. The number of pyridine rings is 1. The second kappa shape index (κ2) is 9.13. The summed E-state index contributed by atoms with van der Waals surface area (Å²) < 4.78 is 9.41. The van der Waals surface area contributed by atoms with Gasteiger partial charge in [0, 0.05) is 35.8 Å². The van der Waals surface area contributed by atoms with Gasteiger partial charge in [-0.05, 0) is 79.1 Å². The molecule has 2 amide bonds. The van der Waals surface area contributed by atoms with Crippen molar-refractivity contribution in [3.05, 3.63) is 58.1 Å².